The zero-order valence-corrected chi connectivity index (χ0v) is 19.4. The molecule has 0 spiro atoms. The molecule has 0 saturated carbocycles. The lowest BCUT2D eigenvalue weighted by Crippen LogP contribution is -2.03. The van der Waals surface area contributed by atoms with Crippen molar-refractivity contribution in [1.29, 1.82) is 0 Å². The summed E-state index contributed by atoms with van der Waals surface area (Å²) in [4.78, 5) is 19.8. The van der Waals surface area contributed by atoms with Gasteiger partial charge in [-0.2, -0.15) is 0 Å². The van der Waals surface area contributed by atoms with Gasteiger partial charge in [-0.1, -0.05) is 96.5 Å². The first kappa shape index (κ1) is 30.7. The van der Waals surface area contributed by atoms with Gasteiger partial charge in [-0.25, -0.2) is 9.59 Å². The molecule has 2 N–H and O–H groups in total. The maximum atomic E-state index is 9.92. The van der Waals surface area contributed by atoms with E-state index in [1.165, 1.54) is 103 Å². The number of carbonyl (C=O) groups excluding carboxylic acids is 2. The molecule has 0 aromatic carbocycles. The number of esters is 2. The van der Waals surface area contributed by atoms with Gasteiger partial charge in [0, 0.05) is 12.2 Å². The van der Waals surface area contributed by atoms with Crippen LogP contribution < -0.4 is 0 Å². The molecule has 0 aliphatic carbocycles. The first-order valence-corrected chi connectivity index (χ1v) is 11.8. The minimum Gasteiger partial charge on any atom is -0.394 e. The number of aliphatic hydroxyl groups is 2. The van der Waals surface area contributed by atoms with E-state index in [0.717, 1.165) is 12.2 Å². The summed E-state index contributed by atoms with van der Waals surface area (Å²) in [5, 5.41) is 16.0. The molecule has 30 heavy (non-hydrogen) atoms. The van der Waals surface area contributed by atoms with Crippen molar-refractivity contribution >= 4 is 11.9 Å². The Morgan fingerprint density at radius 1 is 0.833 bits per heavy atom. The van der Waals surface area contributed by atoms with Crippen molar-refractivity contribution in [3.8, 4) is 0 Å². The number of cyclic esters (lactones) is 2. The van der Waals surface area contributed by atoms with Crippen molar-refractivity contribution in [3.05, 3.63) is 24.8 Å². The van der Waals surface area contributed by atoms with Gasteiger partial charge in [-0.15, -0.1) is 6.58 Å². The third-order valence-electron chi connectivity index (χ3n) is 4.58. The van der Waals surface area contributed by atoms with Gasteiger partial charge in [0.1, 0.15) is 0 Å². The Bertz CT molecular complexity index is 413. The summed E-state index contributed by atoms with van der Waals surface area (Å²) in [6, 6.07) is 0. The van der Waals surface area contributed by atoms with Crippen LogP contribution in [-0.2, 0) is 14.3 Å². The molecule has 5 nitrogen and oxygen atoms in total. The van der Waals surface area contributed by atoms with E-state index in [-0.39, 0.29) is 6.61 Å². The highest BCUT2D eigenvalue weighted by Crippen LogP contribution is 2.13. The number of ether oxygens (including phenoxy) is 1. The van der Waals surface area contributed by atoms with E-state index in [2.05, 4.69) is 18.2 Å². The van der Waals surface area contributed by atoms with Crippen molar-refractivity contribution in [2.75, 3.05) is 6.61 Å². The van der Waals surface area contributed by atoms with Gasteiger partial charge < -0.3 is 14.9 Å². The highest BCUT2D eigenvalue weighted by molar-refractivity contribution is 6.04. The van der Waals surface area contributed by atoms with Gasteiger partial charge >= 0.3 is 11.9 Å². The Balaban J connectivity index is 0. The summed E-state index contributed by atoms with van der Waals surface area (Å²) in [6.45, 7) is 7.44. The third-order valence-corrected chi connectivity index (χ3v) is 4.58. The molecular formula is C25H46O5. The molecule has 1 aliphatic heterocycles. The fraction of sp³-hybridized carbons (Fsp3) is 0.760. The van der Waals surface area contributed by atoms with E-state index in [1.807, 2.05) is 6.08 Å². The number of carbonyl (C=O) groups is 2. The second-order valence-corrected chi connectivity index (χ2v) is 7.78. The number of aliphatic hydroxyl groups excluding tert-OH is 2. The SMILES string of the molecule is C=CCCCCCCCCCCCCCCCC.CC(O)CO.O=C1C=CC(=O)O1. The molecule has 0 bridgehead atoms. The fourth-order valence-electron chi connectivity index (χ4n) is 2.79. The molecule has 0 fully saturated rings. The van der Waals surface area contributed by atoms with Crippen molar-refractivity contribution in [2.24, 2.45) is 0 Å². The van der Waals surface area contributed by atoms with Gasteiger partial charge in [0.15, 0.2) is 0 Å². The van der Waals surface area contributed by atoms with Gasteiger partial charge in [0.2, 0.25) is 0 Å². The second-order valence-electron chi connectivity index (χ2n) is 7.78. The molecule has 0 radical (unpaired) electrons. The average Bonchev–Trinajstić information content (AvgIpc) is 3.11. The predicted octanol–water partition coefficient (Wildman–Crippen LogP) is 6.03. The average molecular weight is 427 g/mol. The Labute approximate surface area is 184 Å². The molecule has 1 unspecified atom stereocenters. The first-order chi connectivity index (χ1) is 14.5. The standard InChI is InChI=1S/C18H36.C4H2O3.C3H8O2/c1-3-5-7-9-11-13-15-17-18-16-14-12-10-8-6-4-2;5-3-1-2-4(6)7-3;1-3(5)2-4/h3H,1,4-18H2,2H3;1-2H;3-5H,2H2,1H3. The largest absolute Gasteiger partial charge is 0.394 e. The number of unbranched alkanes of at least 4 members (excludes halogenated alkanes) is 14. The van der Waals surface area contributed by atoms with E-state index in [4.69, 9.17) is 10.2 Å². The predicted molar refractivity (Wildman–Crippen MR) is 124 cm³/mol. The highest BCUT2D eigenvalue weighted by atomic mass is 16.6. The quantitative estimate of drug-likeness (QED) is 0.136. The number of hydrogen-bond acceptors (Lipinski definition) is 5. The summed E-state index contributed by atoms with van der Waals surface area (Å²) >= 11 is 0. The van der Waals surface area contributed by atoms with Crippen LogP contribution in [0.2, 0.25) is 0 Å². The number of hydrogen-bond donors (Lipinski definition) is 2. The summed E-state index contributed by atoms with van der Waals surface area (Å²) in [5.74, 6) is -1.16. The van der Waals surface area contributed by atoms with Crippen LogP contribution in [-0.4, -0.2) is 34.9 Å². The minimum atomic E-state index is -0.579. The highest BCUT2D eigenvalue weighted by Gasteiger charge is 2.10. The molecule has 1 aliphatic rings. The van der Waals surface area contributed by atoms with E-state index in [9.17, 15) is 9.59 Å². The third kappa shape index (κ3) is 28.7. The molecule has 176 valence electrons. The van der Waals surface area contributed by atoms with Gasteiger partial charge in [-0.05, 0) is 19.8 Å². The Morgan fingerprint density at radius 2 is 1.17 bits per heavy atom. The first-order valence-electron chi connectivity index (χ1n) is 11.8. The second kappa shape index (κ2) is 25.6. The lowest BCUT2D eigenvalue weighted by Gasteiger charge is -2.02. The molecule has 1 atom stereocenters. The fourth-order valence-corrected chi connectivity index (χ4v) is 2.79. The molecular weight excluding hydrogens is 380 g/mol. The zero-order chi connectivity index (χ0) is 22.9. The molecule has 1 heterocycles. The molecule has 0 amide bonds. The monoisotopic (exact) mass is 426 g/mol. The summed E-state index contributed by atoms with van der Waals surface area (Å²) in [6.07, 6.45) is 25.1. The van der Waals surface area contributed by atoms with Crippen LogP contribution in [0.15, 0.2) is 24.8 Å². The Hall–Kier alpha value is -1.46. The van der Waals surface area contributed by atoms with Gasteiger partial charge in [-0.3, -0.25) is 0 Å². The van der Waals surface area contributed by atoms with Crippen LogP contribution in [0.1, 0.15) is 110 Å². The van der Waals surface area contributed by atoms with Crippen LogP contribution in [0.5, 0.6) is 0 Å². The normalized spacial score (nSPS) is 13.1. The number of rotatable bonds is 16. The molecule has 1 rings (SSSR count). The topological polar surface area (TPSA) is 83.8 Å². The van der Waals surface area contributed by atoms with E-state index < -0.39 is 18.0 Å². The van der Waals surface area contributed by atoms with Crippen LogP contribution in [0.3, 0.4) is 0 Å². The lowest BCUT2D eigenvalue weighted by atomic mass is 10.0. The van der Waals surface area contributed by atoms with Crippen molar-refractivity contribution in [3.63, 3.8) is 0 Å². The van der Waals surface area contributed by atoms with Crippen molar-refractivity contribution in [2.45, 2.75) is 116 Å². The maximum Gasteiger partial charge on any atom is 0.338 e. The van der Waals surface area contributed by atoms with Crippen molar-refractivity contribution < 1.29 is 24.5 Å². The Morgan fingerprint density at radius 3 is 1.40 bits per heavy atom. The van der Waals surface area contributed by atoms with E-state index in [1.54, 1.807) is 0 Å². The molecule has 0 aromatic rings. The Kier molecular flexibility index (Phi) is 26.2. The minimum absolute atomic E-state index is 0.139. The van der Waals surface area contributed by atoms with Gasteiger partial charge in [0.05, 0.1) is 12.7 Å². The van der Waals surface area contributed by atoms with Crippen LogP contribution in [0.25, 0.3) is 0 Å². The molecule has 5 heteroatoms. The summed E-state index contributed by atoms with van der Waals surface area (Å²) < 4.78 is 3.97. The lowest BCUT2D eigenvalue weighted by molar-refractivity contribution is -0.150. The zero-order valence-electron chi connectivity index (χ0n) is 19.4. The maximum absolute atomic E-state index is 9.92. The molecule has 0 saturated heterocycles. The number of allylic oxidation sites excluding steroid dienone is 1. The van der Waals surface area contributed by atoms with E-state index >= 15 is 0 Å². The molecule has 0 aromatic heterocycles. The summed E-state index contributed by atoms with van der Waals surface area (Å²) in [5.41, 5.74) is 0. The summed E-state index contributed by atoms with van der Waals surface area (Å²) in [7, 11) is 0. The van der Waals surface area contributed by atoms with Crippen molar-refractivity contribution in [1.82, 2.24) is 0 Å². The smallest absolute Gasteiger partial charge is 0.338 e. The van der Waals surface area contributed by atoms with Crippen LogP contribution >= 0.6 is 0 Å². The van der Waals surface area contributed by atoms with Crippen LogP contribution in [0.4, 0.5) is 0 Å². The van der Waals surface area contributed by atoms with Crippen LogP contribution in [0, 0.1) is 0 Å². The van der Waals surface area contributed by atoms with Gasteiger partial charge in [0.25, 0.3) is 0 Å². The van der Waals surface area contributed by atoms with E-state index in [0.29, 0.717) is 0 Å².